The smallest absolute Gasteiger partial charge is 0.319 e. The molecule has 1 aromatic heterocycles. The first-order chi connectivity index (χ1) is 15.9. The van der Waals surface area contributed by atoms with Gasteiger partial charge in [0.05, 0.1) is 19.3 Å². The molecule has 0 radical (unpaired) electrons. The van der Waals surface area contributed by atoms with E-state index in [-0.39, 0.29) is 13.2 Å². The van der Waals surface area contributed by atoms with Gasteiger partial charge in [0.2, 0.25) is 11.8 Å². The molecule has 0 saturated carbocycles. The minimum Gasteiger partial charge on any atom is -0.466 e. The summed E-state index contributed by atoms with van der Waals surface area (Å²) in [6, 6.07) is 9.47. The molecule has 2 aliphatic heterocycles. The normalized spacial score (nSPS) is 26.0. The molecule has 0 aliphatic carbocycles. The van der Waals surface area contributed by atoms with Crippen LogP contribution in [0.5, 0.6) is 0 Å². The number of ether oxygens (including phenoxy) is 2. The summed E-state index contributed by atoms with van der Waals surface area (Å²) in [4.78, 5) is 59.3. The molecule has 0 bridgehead atoms. The quantitative estimate of drug-likeness (QED) is 0.541. The van der Waals surface area contributed by atoms with Gasteiger partial charge in [-0.1, -0.05) is 18.2 Å². The van der Waals surface area contributed by atoms with Gasteiger partial charge in [-0.25, -0.2) is 0 Å². The van der Waals surface area contributed by atoms with Gasteiger partial charge in [0.15, 0.2) is 5.92 Å². The third kappa shape index (κ3) is 3.26. The number of hydrogen-bond donors (Lipinski definition) is 1. The number of pyridine rings is 1. The second-order valence-electron chi connectivity index (χ2n) is 7.93. The van der Waals surface area contributed by atoms with Crippen molar-refractivity contribution in [1.82, 2.24) is 10.3 Å². The first-order valence-electron chi connectivity index (χ1n) is 10.8. The molecule has 9 heteroatoms. The molecule has 2 amide bonds. The van der Waals surface area contributed by atoms with Crippen LogP contribution in [0.25, 0.3) is 0 Å². The van der Waals surface area contributed by atoms with E-state index in [1.165, 1.54) is 4.90 Å². The number of nitrogens with zero attached hydrogens (tertiary/aromatic N) is 2. The van der Waals surface area contributed by atoms with Crippen molar-refractivity contribution in [3.05, 3.63) is 59.9 Å². The monoisotopic (exact) mass is 451 g/mol. The third-order valence-electron chi connectivity index (χ3n) is 6.34. The lowest BCUT2D eigenvalue weighted by Gasteiger charge is -2.47. The van der Waals surface area contributed by atoms with E-state index < -0.39 is 47.0 Å². The fourth-order valence-electron chi connectivity index (χ4n) is 5.07. The summed E-state index contributed by atoms with van der Waals surface area (Å²) in [7, 11) is 1.61. The van der Waals surface area contributed by atoms with Crippen LogP contribution in [-0.4, -0.2) is 49.0 Å². The molecule has 4 rings (SSSR count). The minimum atomic E-state index is -1.62. The van der Waals surface area contributed by atoms with Crippen molar-refractivity contribution in [3.63, 3.8) is 0 Å². The van der Waals surface area contributed by atoms with Crippen LogP contribution in [-0.2, 0) is 34.1 Å². The van der Waals surface area contributed by atoms with Gasteiger partial charge in [-0.15, -0.1) is 0 Å². The summed E-state index contributed by atoms with van der Waals surface area (Å²) >= 11 is 0. The third-order valence-corrected chi connectivity index (χ3v) is 6.34. The molecule has 9 nitrogen and oxygen atoms in total. The zero-order valence-electron chi connectivity index (χ0n) is 18.6. The van der Waals surface area contributed by atoms with Gasteiger partial charge in [0.25, 0.3) is 0 Å². The molecule has 1 fully saturated rings. The molecule has 2 aromatic rings. The Bertz CT molecular complexity index is 1100. The molecule has 4 atom stereocenters. The number of rotatable bonds is 5. The van der Waals surface area contributed by atoms with E-state index in [4.69, 9.17) is 9.47 Å². The first kappa shape index (κ1) is 22.4. The number of esters is 2. The zero-order valence-corrected chi connectivity index (χ0v) is 18.6. The van der Waals surface area contributed by atoms with Crippen molar-refractivity contribution in [3.8, 4) is 0 Å². The lowest BCUT2D eigenvalue weighted by Crippen LogP contribution is -2.66. The highest BCUT2D eigenvalue weighted by Crippen LogP contribution is 2.57. The van der Waals surface area contributed by atoms with Gasteiger partial charge in [0, 0.05) is 25.1 Å². The lowest BCUT2D eigenvalue weighted by molar-refractivity contribution is -0.173. The van der Waals surface area contributed by atoms with Crippen molar-refractivity contribution >= 4 is 29.4 Å². The van der Waals surface area contributed by atoms with Crippen molar-refractivity contribution in [2.24, 2.45) is 11.8 Å². The van der Waals surface area contributed by atoms with Crippen LogP contribution in [0, 0.1) is 11.8 Å². The first-order valence-corrected chi connectivity index (χ1v) is 10.8. The Balaban J connectivity index is 2.05. The number of likely N-dealkylation sites (N-methyl/N-ethyl adjacent to an activating group) is 1. The number of hydrogen-bond acceptors (Lipinski definition) is 7. The van der Waals surface area contributed by atoms with Crippen molar-refractivity contribution < 1.29 is 28.7 Å². The Morgan fingerprint density at radius 1 is 1.03 bits per heavy atom. The Hall–Kier alpha value is -3.75. The van der Waals surface area contributed by atoms with Crippen molar-refractivity contribution in [1.29, 1.82) is 0 Å². The van der Waals surface area contributed by atoms with Crippen LogP contribution < -0.4 is 10.2 Å². The molecule has 3 heterocycles. The molecular weight excluding hydrogens is 426 g/mol. The van der Waals surface area contributed by atoms with E-state index >= 15 is 0 Å². The molecule has 2 aliphatic rings. The predicted molar refractivity (Wildman–Crippen MR) is 117 cm³/mol. The van der Waals surface area contributed by atoms with Crippen LogP contribution in [0.2, 0.25) is 0 Å². The van der Waals surface area contributed by atoms with Crippen molar-refractivity contribution in [2.75, 3.05) is 25.2 Å². The predicted octanol–water partition coefficient (Wildman–Crippen LogP) is 1.53. The van der Waals surface area contributed by atoms with Crippen LogP contribution in [0.4, 0.5) is 5.69 Å². The number of carbonyl (C=O) groups is 4. The van der Waals surface area contributed by atoms with Gasteiger partial charge in [-0.3, -0.25) is 24.2 Å². The Kier molecular flexibility index (Phi) is 5.88. The number of para-hydroxylation sites is 1. The maximum absolute atomic E-state index is 14.1. The molecule has 172 valence electrons. The van der Waals surface area contributed by atoms with E-state index in [1.54, 1.807) is 69.7 Å². The lowest BCUT2D eigenvalue weighted by atomic mass is 9.58. The SMILES string of the molecule is CCOC(=O)[C@H]1C(=O)N[C@H](c2ccncc2)[C@@]2(C(=O)N(C)c3ccccc32)[C@@H]1C(=O)OCC. The average Bonchev–Trinajstić information content (AvgIpc) is 3.03. The Morgan fingerprint density at radius 2 is 1.67 bits per heavy atom. The van der Waals surface area contributed by atoms with Crippen LogP contribution in [0.1, 0.15) is 31.0 Å². The highest BCUT2D eigenvalue weighted by atomic mass is 16.5. The van der Waals surface area contributed by atoms with Gasteiger partial charge >= 0.3 is 11.9 Å². The second kappa shape index (κ2) is 8.65. The number of aromatic nitrogens is 1. The van der Waals surface area contributed by atoms with Crippen LogP contribution >= 0.6 is 0 Å². The van der Waals surface area contributed by atoms with E-state index in [1.807, 2.05) is 0 Å². The molecule has 1 N–H and O–H groups in total. The summed E-state index contributed by atoms with van der Waals surface area (Å²) < 4.78 is 10.5. The van der Waals surface area contributed by atoms with Crippen LogP contribution in [0.15, 0.2) is 48.8 Å². The van der Waals surface area contributed by atoms with Crippen molar-refractivity contribution in [2.45, 2.75) is 25.3 Å². The highest BCUT2D eigenvalue weighted by Gasteiger charge is 2.69. The van der Waals surface area contributed by atoms with Crippen LogP contribution in [0.3, 0.4) is 0 Å². The van der Waals surface area contributed by atoms with Gasteiger partial charge < -0.3 is 19.7 Å². The number of fused-ring (bicyclic) bond motifs is 2. The summed E-state index contributed by atoms with van der Waals surface area (Å²) in [5, 5.41) is 2.85. The highest BCUT2D eigenvalue weighted by molar-refractivity contribution is 6.15. The zero-order chi connectivity index (χ0) is 23.8. The molecule has 33 heavy (non-hydrogen) atoms. The van der Waals surface area contributed by atoms with E-state index in [2.05, 4.69) is 10.3 Å². The molecule has 1 saturated heterocycles. The molecule has 1 aromatic carbocycles. The molecule has 0 unspecified atom stereocenters. The Labute approximate surface area is 191 Å². The summed E-state index contributed by atoms with van der Waals surface area (Å²) in [6.45, 7) is 3.28. The summed E-state index contributed by atoms with van der Waals surface area (Å²) in [5.74, 6) is -5.77. The van der Waals surface area contributed by atoms with E-state index in [0.717, 1.165) is 0 Å². The topological polar surface area (TPSA) is 115 Å². The molecular formula is C24H25N3O6. The number of amides is 2. The minimum absolute atomic E-state index is 0.0172. The average molecular weight is 451 g/mol. The maximum Gasteiger partial charge on any atom is 0.319 e. The van der Waals surface area contributed by atoms with E-state index in [9.17, 15) is 19.2 Å². The summed E-state index contributed by atoms with van der Waals surface area (Å²) in [5.41, 5.74) is 0.0827. The number of nitrogens with one attached hydrogen (secondary N) is 1. The number of benzene rings is 1. The number of anilines is 1. The fourth-order valence-corrected chi connectivity index (χ4v) is 5.07. The summed E-state index contributed by atoms with van der Waals surface area (Å²) in [6.07, 6.45) is 3.09. The fraction of sp³-hybridized carbons (Fsp3) is 0.375. The molecule has 1 spiro atoms. The van der Waals surface area contributed by atoms with Gasteiger partial charge in [-0.05, 0) is 43.2 Å². The second-order valence-corrected chi connectivity index (χ2v) is 7.93. The van der Waals surface area contributed by atoms with Gasteiger partial charge in [0.1, 0.15) is 11.3 Å². The standard InChI is InChI=1S/C24H25N3O6/c1-4-32-21(29)17-18(22(30)33-5-2)24(15-8-6-7-9-16(15)27(3)23(24)31)19(26-20(17)28)14-10-12-25-13-11-14/h6-13,17-19H,4-5H2,1-3H3,(H,26,28)/t17-,18+,19-,24+/m1/s1. The largest absolute Gasteiger partial charge is 0.466 e. The number of carbonyl (C=O) groups excluding carboxylic acids is 4. The Morgan fingerprint density at radius 3 is 2.33 bits per heavy atom. The van der Waals surface area contributed by atoms with E-state index in [0.29, 0.717) is 16.8 Å². The number of piperidine rings is 1. The van der Waals surface area contributed by atoms with Gasteiger partial charge in [-0.2, -0.15) is 0 Å². The maximum atomic E-state index is 14.1.